The highest BCUT2D eigenvalue weighted by Gasteiger charge is 2.21. The average molecular weight is 238 g/mol. The Morgan fingerprint density at radius 1 is 1.53 bits per heavy atom. The molecule has 0 radical (unpaired) electrons. The van der Waals surface area contributed by atoms with Crippen LogP contribution in [0.15, 0.2) is 4.52 Å². The normalized spacial score (nSPS) is 22.2. The van der Waals surface area contributed by atoms with Gasteiger partial charge in [-0.1, -0.05) is 19.0 Å². The monoisotopic (exact) mass is 238 g/mol. The Morgan fingerprint density at radius 3 is 3.00 bits per heavy atom. The van der Waals surface area contributed by atoms with Crippen LogP contribution in [0, 0.1) is 6.92 Å². The summed E-state index contributed by atoms with van der Waals surface area (Å²) in [6, 6.07) is 1.14. The predicted octanol–water partition coefficient (Wildman–Crippen LogP) is 1.34. The van der Waals surface area contributed by atoms with Crippen molar-refractivity contribution in [2.24, 2.45) is 0 Å². The first-order valence-electron chi connectivity index (χ1n) is 6.41. The van der Waals surface area contributed by atoms with E-state index in [0.29, 0.717) is 18.0 Å². The van der Waals surface area contributed by atoms with Gasteiger partial charge < -0.3 is 9.84 Å². The smallest absolute Gasteiger partial charge is 0.223 e. The zero-order valence-electron chi connectivity index (χ0n) is 10.9. The summed E-state index contributed by atoms with van der Waals surface area (Å²) in [6.45, 7) is 9.22. The predicted molar refractivity (Wildman–Crippen MR) is 65.6 cm³/mol. The fourth-order valence-electron chi connectivity index (χ4n) is 2.41. The molecule has 1 aromatic heterocycles. The van der Waals surface area contributed by atoms with Crippen molar-refractivity contribution in [1.82, 2.24) is 20.4 Å². The average Bonchev–Trinajstić information content (AvgIpc) is 2.63. The van der Waals surface area contributed by atoms with Gasteiger partial charge in [0.05, 0.1) is 6.54 Å². The molecule has 1 aromatic rings. The van der Waals surface area contributed by atoms with Crippen LogP contribution in [0.1, 0.15) is 38.4 Å². The molecule has 1 fully saturated rings. The second kappa shape index (κ2) is 5.60. The van der Waals surface area contributed by atoms with Crippen LogP contribution in [0.2, 0.25) is 0 Å². The minimum absolute atomic E-state index is 0.548. The van der Waals surface area contributed by atoms with Gasteiger partial charge in [0.15, 0.2) is 5.82 Å². The molecule has 1 aliphatic rings. The summed E-state index contributed by atoms with van der Waals surface area (Å²) in [5.41, 5.74) is 0. The fraction of sp³-hybridized carbons (Fsp3) is 0.833. The molecule has 96 valence electrons. The number of piperidine rings is 1. The SMILES string of the molecule is Cc1nc(CN2CCCC(NC(C)C)C2)no1. The first-order valence-corrected chi connectivity index (χ1v) is 6.41. The second-order valence-electron chi connectivity index (χ2n) is 5.13. The molecule has 1 unspecified atom stereocenters. The molecular formula is C12H22N4O. The van der Waals surface area contributed by atoms with Crippen LogP contribution in [-0.2, 0) is 6.54 Å². The van der Waals surface area contributed by atoms with Gasteiger partial charge in [0.2, 0.25) is 5.89 Å². The molecular weight excluding hydrogens is 216 g/mol. The number of rotatable bonds is 4. The molecule has 2 heterocycles. The van der Waals surface area contributed by atoms with Crippen LogP contribution >= 0.6 is 0 Å². The third kappa shape index (κ3) is 3.78. The van der Waals surface area contributed by atoms with Gasteiger partial charge in [-0.15, -0.1) is 0 Å². The van der Waals surface area contributed by atoms with Gasteiger partial charge in [-0.25, -0.2) is 0 Å². The maximum Gasteiger partial charge on any atom is 0.223 e. The summed E-state index contributed by atoms with van der Waals surface area (Å²) in [7, 11) is 0. The van der Waals surface area contributed by atoms with Crippen LogP contribution in [0.5, 0.6) is 0 Å². The first kappa shape index (κ1) is 12.5. The van der Waals surface area contributed by atoms with E-state index in [1.807, 2.05) is 6.92 Å². The quantitative estimate of drug-likeness (QED) is 0.858. The summed E-state index contributed by atoms with van der Waals surface area (Å²) in [5, 5.41) is 7.54. The number of aromatic nitrogens is 2. The lowest BCUT2D eigenvalue weighted by Crippen LogP contribution is -2.47. The van der Waals surface area contributed by atoms with E-state index in [4.69, 9.17) is 4.52 Å². The standard InChI is InChI=1S/C12H22N4O/c1-9(2)13-11-5-4-6-16(7-11)8-12-14-10(3)17-15-12/h9,11,13H,4-8H2,1-3H3. The van der Waals surface area contributed by atoms with Crippen molar-refractivity contribution >= 4 is 0 Å². The largest absolute Gasteiger partial charge is 0.340 e. The first-order chi connectivity index (χ1) is 8.13. The van der Waals surface area contributed by atoms with Crippen molar-refractivity contribution in [2.45, 2.75) is 52.2 Å². The van der Waals surface area contributed by atoms with E-state index in [2.05, 4.69) is 34.2 Å². The summed E-state index contributed by atoms with van der Waals surface area (Å²) >= 11 is 0. The van der Waals surface area contributed by atoms with Crippen LogP contribution in [-0.4, -0.2) is 40.2 Å². The number of hydrogen-bond donors (Lipinski definition) is 1. The van der Waals surface area contributed by atoms with Crippen molar-refractivity contribution < 1.29 is 4.52 Å². The molecule has 0 spiro atoms. The van der Waals surface area contributed by atoms with E-state index < -0.39 is 0 Å². The lowest BCUT2D eigenvalue weighted by molar-refractivity contribution is 0.173. The Bertz CT molecular complexity index is 350. The molecule has 1 N–H and O–H groups in total. The number of nitrogens with zero attached hydrogens (tertiary/aromatic N) is 3. The Morgan fingerprint density at radius 2 is 2.35 bits per heavy atom. The van der Waals surface area contributed by atoms with Gasteiger partial charge in [0, 0.05) is 25.6 Å². The summed E-state index contributed by atoms with van der Waals surface area (Å²) in [6.07, 6.45) is 2.50. The highest BCUT2D eigenvalue weighted by molar-refractivity contribution is 4.87. The zero-order valence-corrected chi connectivity index (χ0v) is 10.9. The van der Waals surface area contributed by atoms with Crippen LogP contribution in [0.4, 0.5) is 0 Å². The van der Waals surface area contributed by atoms with Crippen molar-refractivity contribution in [2.75, 3.05) is 13.1 Å². The molecule has 1 saturated heterocycles. The highest BCUT2D eigenvalue weighted by Crippen LogP contribution is 2.13. The Labute approximate surface area is 103 Å². The number of aryl methyl sites for hydroxylation is 1. The second-order valence-corrected chi connectivity index (χ2v) is 5.13. The van der Waals surface area contributed by atoms with Gasteiger partial charge >= 0.3 is 0 Å². The summed E-state index contributed by atoms with van der Waals surface area (Å²) in [4.78, 5) is 6.65. The topological polar surface area (TPSA) is 54.2 Å². The van der Waals surface area contributed by atoms with Gasteiger partial charge in [-0.05, 0) is 19.4 Å². The number of nitrogens with one attached hydrogen (secondary N) is 1. The van der Waals surface area contributed by atoms with Crippen LogP contribution in [0.3, 0.4) is 0 Å². The van der Waals surface area contributed by atoms with Crippen molar-refractivity contribution in [3.05, 3.63) is 11.7 Å². The van der Waals surface area contributed by atoms with E-state index >= 15 is 0 Å². The third-order valence-electron chi connectivity index (χ3n) is 3.01. The van der Waals surface area contributed by atoms with E-state index in [1.54, 1.807) is 0 Å². The maximum atomic E-state index is 4.99. The molecule has 0 bridgehead atoms. The zero-order chi connectivity index (χ0) is 12.3. The van der Waals surface area contributed by atoms with E-state index in [-0.39, 0.29) is 0 Å². The minimum Gasteiger partial charge on any atom is -0.340 e. The summed E-state index contributed by atoms with van der Waals surface area (Å²) in [5.74, 6) is 1.45. The fourth-order valence-corrected chi connectivity index (χ4v) is 2.41. The molecule has 2 rings (SSSR count). The summed E-state index contributed by atoms with van der Waals surface area (Å²) < 4.78 is 4.99. The van der Waals surface area contributed by atoms with Gasteiger partial charge in [-0.3, -0.25) is 4.90 Å². The van der Waals surface area contributed by atoms with E-state index in [9.17, 15) is 0 Å². The maximum absolute atomic E-state index is 4.99. The molecule has 0 amide bonds. The molecule has 0 saturated carbocycles. The van der Waals surface area contributed by atoms with Crippen molar-refractivity contribution in [3.63, 3.8) is 0 Å². The highest BCUT2D eigenvalue weighted by atomic mass is 16.5. The molecule has 5 nitrogen and oxygen atoms in total. The minimum atomic E-state index is 0.548. The lowest BCUT2D eigenvalue weighted by atomic mass is 10.1. The Kier molecular flexibility index (Phi) is 4.12. The molecule has 0 aromatic carbocycles. The third-order valence-corrected chi connectivity index (χ3v) is 3.01. The Balaban J connectivity index is 1.85. The van der Waals surface area contributed by atoms with E-state index in [0.717, 1.165) is 25.5 Å². The molecule has 17 heavy (non-hydrogen) atoms. The van der Waals surface area contributed by atoms with Crippen LogP contribution in [0.25, 0.3) is 0 Å². The molecule has 1 aliphatic heterocycles. The molecule has 1 atom stereocenters. The van der Waals surface area contributed by atoms with Gasteiger partial charge in [0.25, 0.3) is 0 Å². The Hall–Kier alpha value is -0.940. The van der Waals surface area contributed by atoms with Crippen molar-refractivity contribution in [1.29, 1.82) is 0 Å². The van der Waals surface area contributed by atoms with Gasteiger partial charge in [0.1, 0.15) is 0 Å². The number of likely N-dealkylation sites (tertiary alicyclic amines) is 1. The van der Waals surface area contributed by atoms with Crippen molar-refractivity contribution in [3.8, 4) is 0 Å². The molecule has 0 aliphatic carbocycles. The lowest BCUT2D eigenvalue weighted by Gasteiger charge is -2.33. The van der Waals surface area contributed by atoms with E-state index in [1.165, 1.54) is 12.8 Å². The molecule has 5 heteroatoms. The number of hydrogen-bond acceptors (Lipinski definition) is 5. The van der Waals surface area contributed by atoms with Crippen LogP contribution < -0.4 is 5.32 Å². The van der Waals surface area contributed by atoms with Gasteiger partial charge in [-0.2, -0.15) is 4.98 Å².